The van der Waals surface area contributed by atoms with Gasteiger partial charge >= 0.3 is 0 Å². The lowest BCUT2D eigenvalue weighted by molar-refractivity contribution is 0.578. The molecule has 0 radical (unpaired) electrons. The number of furan rings is 1. The van der Waals surface area contributed by atoms with Gasteiger partial charge in [0.05, 0.1) is 5.02 Å². The molecule has 0 spiro atoms. The van der Waals surface area contributed by atoms with Gasteiger partial charge in [-0.05, 0) is 41.1 Å². The van der Waals surface area contributed by atoms with Crippen LogP contribution in [-0.4, -0.2) is 0 Å². The van der Waals surface area contributed by atoms with Crippen molar-refractivity contribution in [2.75, 3.05) is 0 Å². The topological polar surface area (TPSA) is 13.1 Å². The van der Waals surface area contributed by atoms with Gasteiger partial charge in [0.15, 0.2) is 0 Å². The average molecular weight is 246 g/mol. The maximum atomic E-state index is 5.91. The molecule has 0 saturated carbocycles. The summed E-state index contributed by atoms with van der Waals surface area (Å²) in [5, 5.41) is 1.75. The summed E-state index contributed by atoms with van der Waals surface area (Å²) in [7, 11) is 0. The van der Waals surface area contributed by atoms with Gasteiger partial charge in [0.2, 0.25) is 0 Å². The molecule has 0 aliphatic heterocycles. The zero-order valence-electron chi connectivity index (χ0n) is 6.40. The number of halogens is 2. The summed E-state index contributed by atoms with van der Waals surface area (Å²) in [4.78, 5) is 0. The molecule has 3 heteroatoms. The van der Waals surface area contributed by atoms with Crippen LogP contribution in [0.2, 0.25) is 5.02 Å². The normalized spacial score (nSPS) is 10.9. The summed E-state index contributed by atoms with van der Waals surface area (Å²) >= 11 is 9.24. The van der Waals surface area contributed by atoms with Crippen molar-refractivity contribution in [2.24, 2.45) is 0 Å². The minimum atomic E-state index is 0.711. The molecule has 0 aliphatic carbocycles. The van der Waals surface area contributed by atoms with Crippen LogP contribution in [0.3, 0.4) is 0 Å². The van der Waals surface area contributed by atoms with Gasteiger partial charge in [-0.25, -0.2) is 0 Å². The van der Waals surface area contributed by atoms with Gasteiger partial charge < -0.3 is 4.42 Å². The van der Waals surface area contributed by atoms with Crippen LogP contribution in [0.1, 0.15) is 5.76 Å². The molecule has 1 heterocycles. The van der Waals surface area contributed by atoms with E-state index in [1.807, 2.05) is 25.1 Å². The van der Waals surface area contributed by atoms with E-state index in [1.165, 1.54) is 0 Å². The van der Waals surface area contributed by atoms with Crippen LogP contribution in [0.4, 0.5) is 0 Å². The van der Waals surface area contributed by atoms with Crippen molar-refractivity contribution in [3.8, 4) is 0 Å². The molecule has 1 aromatic carbocycles. The van der Waals surface area contributed by atoms with Crippen LogP contribution in [0.15, 0.2) is 27.1 Å². The summed E-state index contributed by atoms with van der Waals surface area (Å²) < 4.78 is 6.28. The van der Waals surface area contributed by atoms with Crippen molar-refractivity contribution in [1.29, 1.82) is 0 Å². The van der Waals surface area contributed by atoms with E-state index >= 15 is 0 Å². The van der Waals surface area contributed by atoms with E-state index in [0.717, 1.165) is 21.2 Å². The molecule has 2 rings (SSSR count). The van der Waals surface area contributed by atoms with Crippen LogP contribution in [0, 0.1) is 6.92 Å². The largest absolute Gasteiger partial charge is 0.461 e. The zero-order chi connectivity index (χ0) is 8.72. The maximum Gasteiger partial charge on any atom is 0.135 e. The van der Waals surface area contributed by atoms with E-state index in [4.69, 9.17) is 16.0 Å². The van der Waals surface area contributed by atoms with E-state index < -0.39 is 0 Å². The lowest BCUT2D eigenvalue weighted by Crippen LogP contribution is -1.68. The van der Waals surface area contributed by atoms with Crippen molar-refractivity contribution >= 4 is 38.5 Å². The molecule has 0 bridgehead atoms. The quantitative estimate of drug-likeness (QED) is 0.679. The first-order valence-corrected chi connectivity index (χ1v) is 4.69. The number of benzene rings is 1. The number of hydrogen-bond acceptors (Lipinski definition) is 1. The van der Waals surface area contributed by atoms with Gasteiger partial charge in [0.1, 0.15) is 11.3 Å². The summed E-state index contributed by atoms with van der Waals surface area (Å²) in [6.07, 6.45) is 0. The molecule has 0 atom stereocenters. The third kappa shape index (κ3) is 1.25. The Labute approximate surface area is 83.4 Å². The van der Waals surface area contributed by atoms with E-state index in [0.29, 0.717) is 5.02 Å². The molecule has 0 saturated heterocycles. The van der Waals surface area contributed by atoms with Crippen molar-refractivity contribution in [1.82, 2.24) is 0 Å². The van der Waals surface area contributed by atoms with E-state index in [1.54, 1.807) is 0 Å². The van der Waals surface area contributed by atoms with Crippen LogP contribution in [0.5, 0.6) is 0 Å². The molecule has 1 aromatic heterocycles. The Morgan fingerprint density at radius 1 is 1.33 bits per heavy atom. The third-order valence-electron chi connectivity index (χ3n) is 1.68. The second kappa shape index (κ2) is 2.79. The molecule has 0 amide bonds. The molecular weight excluding hydrogens is 239 g/mol. The molecule has 1 nitrogen and oxygen atoms in total. The lowest BCUT2D eigenvalue weighted by Gasteiger charge is -1.93. The van der Waals surface area contributed by atoms with Crippen LogP contribution < -0.4 is 0 Å². The number of hydrogen-bond donors (Lipinski definition) is 0. The van der Waals surface area contributed by atoms with Gasteiger partial charge in [-0.1, -0.05) is 11.6 Å². The van der Waals surface area contributed by atoms with Crippen LogP contribution in [-0.2, 0) is 0 Å². The molecule has 0 aliphatic rings. The predicted octanol–water partition coefficient (Wildman–Crippen LogP) is 4.16. The minimum Gasteiger partial charge on any atom is -0.461 e. The molecule has 0 N–H and O–H groups in total. The Hall–Kier alpha value is -0.470. The Balaban J connectivity index is 2.83. The second-order valence-corrected chi connectivity index (χ2v) is 3.92. The molecule has 0 fully saturated rings. The minimum absolute atomic E-state index is 0.711. The first-order valence-electron chi connectivity index (χ1n) is 3.52. The highest BCUT2D eigenvalue weighted by Crippen LogP contribution is 2.29. The van der Waals surface area contributed by atoms with E-state index in [-0.39, 0.29) is 0 Å². The molecular formula is C9H6BrClO. The van der Waals surface area contributed by atoms with Gasteiger partial charge in [0.25, 0.3) is 0 Å². The highest BCUT2D eigenvalue weighted by atomic mass is 79.9. The highest BCUT2D eigenvalue weighted by molar-refractivity contribution is 9.10. The molecule has 62 valence electrons. The Morgan fingerprint density at radius 3 is 2.83 bits per heavy atom. The molecule has 2 aromatic rings. The Morgan fingerprint density at radius 2 is 2.08 bits per heavy atom. The van der Waals surface area contributed by atoms with E-state index in [9.17, 15) is 0 Å². The first kappa shape index (κ1) is 8.14. The smallest absolute Gasteiger partial charge is 0.135 e. The van der Waals surface area contributed by atoms with Gasteiger partial charge in [-0.15, -0.1) is 0 Å². The fraction of sp³-hybridized carbons (Fsp3) is 0.111. The van der Waals surface area contributed by atoms with Crippen molar-refractivity contribution < 1.29 is 4.42 Å². The van der Waals surface area contributed by atoms with Gasteiger partial charge in [-0.3, -0.25) is 0 Å². The zero-order valence-corrected chi connectivity index (χ0v) is 8.74. The molecule has 12 heavy (non-hydrogen) atoms. The monoisotopic (exact) mass is 244 g/mol. The first-order chi connectivity index (χ1) is 5.66. The maximum absolute atomic E-state index is 5.91. The van der Waals surface area contributed by atoms with Crippen molar-refractivity contribution in [2.45, 2.75) is 6.92 Å². The summed E-state index contributed by atoms with van der Waals surface area (Å²) in [6, 6.07) is 5.73. The molecule has 0 unspecified atom stereocenters. The number of rotatable bonds is 0. The summed E-state index contributed by atoms with van der Waals surface area (Å²) in [5.41, 5.74) is 0.865. The lowest BCUT2D eigenvalue weighted by atomic mass is 10.2. The number of aryl methyl sites for hydroxylation is 1. The van der Waals surface area contributed by atoms with E-state index in [2.05, 4.69) is 15.9 Å². The van der Waals surface area contributed by atoms with Crippen LogP contribution in [0.25, 0.3) is 11.0 Å². The van der Waals surface area contributed by atoms with Gasteiger partial charge in [-0.2, -0.15) is 0 Å². The highest BCUT2D eigenvalue weighted by Gasteiger charge is 2.03. The summed E-state index contributed by atoms with van der Waals surface area (Å²) in [6.45, 7) is 1.92. The average Bonchev–Trinajstić information content (AvgIpc) is 2.30. The fourth-order valence-electron chi connectivity index (χ4n) is 1.17. The van der Waals surface area contributed by atoms with Gasteiger partial charge in [0, 0.05) is 9.86 Å². The third-order valence-corrected chi connectivity index (χ3v) is 2.88. The Bertz CT molecular complexity index is 394. The van der Waals surface area contributed by atoms with Crippen molar-refractivity contribution in [3.05, 3.63) is 33.5 Å². The predicted molar refractivity (Wildman–Crippen MR) is 53.7 cm³/mol. The number of fused-ring (bicyclic) bond motifs is 1. The SMILES string of the molecule is Cc1cc2cc(Cl)c(Br)cc2o1. The summed E-state index contributed by atoms with van der Waals surface area (Å²) in [5.74, 6) is 0.902. The van der Waals surface area contributed by atoms with Crippen molar-refractivity contribution in [3.63, 3.8) is 0 Å². The standard InChI is InChI=1S/C9H6BrClO/c1-5-2-6-3-8(11)7(10)4-9(6)12-5/h2-4H,1H3. The Kier molecular flexibility index (Phi) is 1.89. The fourth-order valence-corrected chi connectivity index (χ4v) is 1.66. The van der Waals surface area contributed by atoms with Crippen LogP contribution >= 0.6 is 27.5 Å². The second-order valence-electron chi connectivity index (χ2n) is 2.66.